The number of amides is 1. The van der Waals surface area contributed by atoms with Gasteiger partial charge in [-0.25, -0.2) is 4.98 Å². The lowest BCUT2D eigenvalue weighted by molar-refractivity contribution is -0.137. The summed E-state index contributed by atoms with van der Waals surface area (Å²) in [4.78, 5) is 30.5. The largest absolute Gasteiger partial charge is 0.481 e. The van der Waals surface area contributed by atoms with E-state index >= 15 is 0 Å². The first-order chi connectivity index (χ1) is 15.9. The molecule has 3 rings (SSSR count). The maximum absolute atomic E-state index is 13.0. The molecule has 0 spiro atoms. The van der Waals surface area contributed by atoms with Crippen molar-refractivity contribution in [3.63, 3.8) is 0 Å². The Bertz CT molecular complexity index is 1070. The maximum atomic E-state index is 13.0. The molecule has 0 saturated carbocycles. The van der Waals surface area contributed by atoms with Crippen molar-refractivity contribution in [2.45, 2.75) is 78.3 Å². The Labute approximate surface area is 200 Å². The number of aliphatic carboxylic acids is 1. The summed E-state index contributed by atoms with van der Waals surface area (Å²) in [6.45, 7) is 8.53. The SMILES string of the molecule is CCC(C)C[C@@H](CC(=O)O)NC(=O)c1ccc2c(c1)nc(Cc1cccs1)n2C(CC)CC. The van der Waals surface area contributed by atoms with E-state index in [0.717, 1.165) is 42.5 Å². The second kappa shape index (κ2) is 11.5. The molecule has 178 valence electrons. The van der Waals surface area contributed by atoms with Crippen LogP contribution in [0.2, 0.25) is 0 Å². The Morgan fingerprint density at radius 1 is 1.15 bits per heavy atom. The topological polar surface area (TPSA) is 84.2 Å². The Morgan fingerprint density at radius 2 is 1.91 bits per heavy atom. The zero-order valence-electron chi connectivity index (χ0n) is 20.0. The Kier molecular flexibility index (Phi) is 8.67. The van der Waals surface area contributed by atoms with Crippen LogP contribution < -0.4 is 5.32 Å². The van der Waals surface area contributed by atoms with Crippen molar-refractivity contribution in [1.29, 1.82) is 0 Å². The molecule has 7 heteroatoms. The molecule has 0 fully saturated rings. The van der Waals surface area contributed by atoms with Crippen molar-refractivity contribution in [2.75, 3.05) is 0 Å². The van der Waals surface area contributed by atoms with Crippen LogP contribution in [0.1, 0.15) is 86.9 Å². The average Bonchev–Trinajstić information content (AvgIpc) is 3.42. The molecule has 3 aromatic rings. The molecule has 1 amide bonds. The normalized spacial score (nSPS) is 13.4. The summed E-state index contributed by atoms with van der Waals surface area (Å²) in [5.41, 5.74) is 2.35. The zero-order chi connectivity index (χ0) is 24.0. The van der Waals surface area contributed by atoms with Gasteiger partial charge in [0.1, 0.15) is 5.82 Å². The lowest BCUT2D eigenvalue weighted by Gasteiger charge is -2.20. The molecule has 0 radical (unpaired) electrons. The van der Waals surface area contributed by atoms with E-state index in [1.54, 1.807) is 11.3 Å². The van der Waals surface area contributed by atoms with Crippen molar-refractivity contribution in [1.82, 2.24) is 14.9 Å². The second-order valence-corrected chi connectivity index (χ2v) is 9.88. The van der Waals surface area contributed by atoms with Gasteiger partial charge >= 0.3 is 5.97 Å². The molecular formula is C26H35N3O3S. The fraction of sp³-hybridized carbons (Fsp3) is 0.500. The van der Waals surface area contributed by atoms with Crippen molar-refractivity contribution >= 4 is 34.2 Å². The number of imidazole rings is 1. The van der Waals surface area contributed by atoms with Gasteiger partial charge in [0.15, 0.2) is 0 Å². The number of carboxylic acids is 1. The first-order valence-electron chi connectivity index (χ1n) is 11.9. The molecule has 1 aromatic carbocycles. The molecule has 0 aliphatic carbocycles. The van der Waals surface area contributed by atoms with Crippen LogP contribution in [0.3, 0.4) is 0 Å². The number of benzene rings is 1. The van der Waals surface area contributed by atoms with E-state index in [-0.39, 0.29) is 12.3 Å². The minimum Gasteiger partial charge on any atom is -0.481 e. The van der Waals surface area contributed by atoms with Gasteiger partial charge in [-0.15, -0.1) is 11.3 Å². The molecule has 0 bridgehead atoms. The van der Waals surface area contributed by atoms with Crippen LogP contribution in [-0.2, 0) is 11.2 Å². The Morgan fingerprint density at radius 3 is 2.52 bits per heavy atom. The van der Waals surface area contributed by atoms with Gasteiger partial charge in [0, 0.05) is 28.9 Å². The van der Waals surface area contributed by atoms with Gasteiger partial charge in [-0.1, -0.05) is 40.2 Å². The fourth-order valence-corrected chi connectivity index (χ4v) is 5.07. The Balaban J connectivity index is 1.91. The Hall–Kier alpha value is -2.67. The number of carbonyl (C=O) groups is 2. The van der Waals surface area contributed by atoms with E-state index in [1.807, 2.05) is 18.2 Å². The molecule has 2 N–H and O–H groups in total. The monoisotopic (exact) mass is 469 g/mol. The highest BCUT2D eigenvalue weighted by molar-refractivity contribution is 7.09. The van der Waals surface area contributed by atoms with Gasteiger partial charge in [0.2, 0.25) is 0 Å². The highest BCUT2D eigenvalue weighted by atomic mass is 32.1. The van der Waals surface area contributed by atoms with Crippen LogP contribution in [0.5, 0.6) is 0 Å². The van der Waals surface area contributed by atoms with Crippen molar-refractivity contribution in [3.05, 3.63) is 52.0 Å². The molecular weight excluding hydrogens is 434 g/mol. The molecule has 1 unspecified atom stereocenters. The molecule has 0 saturated heterocycles. The van der Waals surface area contributed by atoms with E-state index < -0.39 is 12.0 Å². The van der Waals surface area contributed by atoms with Crippen LogP contribution in [-0.4, -0.2) is 32.6 Å². The summed E-state index contributed by atoms with van der Waals surface area (Å²) in [6.07, 6.45) is 4.29. The van der Waals surface area contributed by atoms with Crippen LogP contribution in [0.4, 0.5) is 0 Å². The summed E-state index contributed by atoms with van der Waals surface area (Å²) in [6, 6.07) is 9.78. The summed E-state index contributed by atoms with van der Waals surface area (Å²) in [5, 5.41) is 14.3. The van der Waals surface area contributed by atoms with Gasteiger partial charge < -0.3 is 15.0 Å². The predicted molar refractivity (Wildman–Crippen MR) is 134 cm³/mol. The molecule has 2 atom stereocenters. The number of nitrogens with one attached hydrogen (secondary N) is 1. The van der Waals surface area contributed by atoms with Gasteiger partial charge in [-0.2, -0.15) is 0 Å². The van der Waals surface area contributed by atoms with Gasteiger partial charge in [-0.3, -0.25) is 9.59 Å². The molecule has 2 aromatic heterocycles. The number of hydrogen-bond acceptors (Lipinski definition) is 4. The quantitative estimate of drug-likeness (QED) is 0.338. The number of thiophene rings is 1. The van der Waals surface area contributed by atoms with Gasteiger partial charge in [0.05, 0.1) is 17.5 Å². The summed E-state index contributed by atoms with van der Waals surface area (Å²) in [5.74, 6) is 0.205. The van der Waals surface area contributed by atoms with Crippen LogP contribution in [0, 0.1) is 5.92 Å². The molecule has 33 heavy (non-hydrogen) atoms. The van der Waals surface area contributed by atoms with E-state index in [4.69, 9.17) is 4.98 Å². The third-order valence-electron chi connectivity index (χ3n) is 6.38. The second-order valence-electron chi connectivity index (χ2n) is 8.85. The van der Waals surface area contributed by atoms with Crippen LogP contribution in [0.15, 0.2) is 35.7 Å². The number of aromatic nitrogens is 2. The number of rotatable bonds is 12. The molecule has 0 aliphatic heterocycles. The van der Waals surface area contributed by atoms with Gasteiger partial charge in [-0.05, 0) is 54.8 Å². The lowest BCUT2D eigenvalue weighted by atomic mass is 9.97. The lowest BCUT2D eigenvalue weighted by Crippen LogP contribution is -2.37. The predicted octanol–water partition coefficient (Wildman–Crippen LogP) is 6.06. The fourth-order valence-electron chi connectivity index (χ4n) is 4.37. The molecule has 2 heterocycles. The van der Waals surface area contributed by atoms with E-state index in [9.17, 15) is 14.7 Å². The average molecular weight is 470 g/mol. The number of carbonyl (C=O) groups excluding carboxylic acids is 1. The highest BCUT2D eigenvalue weighted by Gasteiger charge is 2.22. The number of hydrogen-bond donors (Lipinski definition) is 2. The van der Waals surface area contributed by atoms with E-state index in [2.05, 4.69) is 55.1 Å². The minimum atomic E-state index is -0.902. The highest BCUT2D eigenvalue weighted by Crippen LogP contribution is 2.28. The smallest absolute Gasteiger partial charge is 0.305 e. The summed E-state index contributed by atoms with van der Waals surface area (Å²) in [7, 11) is 0. The molecule has 6 nitrogen and oxygen atoms in total. The summed E-state index contributed by atoms with van der Waals surface area (Å²) < 4.78 is 2.33. The zero-order valence-corrected chi connectivity index (χ0v) is 20.8. The minimum absolute atomic E-state index is 0.0768. The van der Waals surface area contributed by atoms with Crippen molar-refractivity contribution in [3.8, 4) is 0 Å². The van der Waals surface area contributed by atoms with E-state index in [1.165, 1.54) is 4.88 Å². The number of nitrogens with zero attached hydrogens (tertiary/aromatic N) is 2. The van der Waals surface area contributed by atoms with Crippen molar-refractivity contribution < 1.29 is 14.7 Å². The standard InChI is InChI=1S/C26H35N3O3S/c1-5-17(4)13-19(15-25(30)31)27-26(32)18-10-11-23-22(14-18)28-24(16-21-9-8-12-33-21)29(23)20(6-2)7-3/h8-12,14,17,19-20H,5-7,13,15-16H2,1-4H3,(H,27,32)(H,30,31)/t17?,19-/m0/s1. The first-order valence-corrected chi connectivity index (χ1v) is 12.8. The first kappa shape index (κ1) is 25.0. The maximum Gasteiger partial charge on any atom is 0.305 e. The third kappa shape index (κ3) is 6.22. The van der Waals surface area contributed by atoms with Crippen LogP contribution >= 0.6 is 11.3 Å². The summed E-state index contributed by atoms with van der Waals surface area (Å²) >= 11 is 1.72. The van der Waals surface area contributed by atoms with Crippen LogP contribution in [0.25, 0.3) is 11.0 Å². The number of carboxylic acid groups (broad SMARTS) is 1. The van der Waals surface area contributed by atoms with Crippen molar-refractivity contribution in [2.24, 2.45) is 5.92 Å². The number of fused-ring (bicyclic) bond motifs is 1. The van der Waals surface area contributed by atoms with Gasteiger partial charge in [0.25, 0.3) is 5.91 Å². The van der Waals surface area contributed by atoms with E-state index in [0.29, 0.717) is 23.9 Å². The third-order valence-corrected chi connectivity index (χ3v) is 7.26. The molecule has 0 aliphatic rings.